The number of aliphatic carboxylic acids is 1. The average Bonchev–Trinajstić information content (AvgIpc) is 2.15. The van der Waals surface area contributed by atoms with E-state index in [4.69, 9.17) is 16.7 Å². The molecule has 0 aliphatic rings. The number of thioether (sulfide) groups is 1. The topological polar surface area (TPSA) is 37.3 Å². The number of hydrogen-bond acceptors (Lipinski definition) is 2. The van der Waals surface area contributed by atoms with E-state index in [2.05, 4.69) is 27.7 Å². The van der Waals surface area contributed by atoms with Crippen LogP contribution in [0.2, 0.25) is 0 Å². The highest BCUT2D eigenvalue weighted by molar-refractivity contribution is 8.00. The van der Waals surface area contributed by atoms with Gasteiger partial charge in [0, 0.05) is 4.75 Å². The van der Waals surface area contributed by atoms with Gasteiger partial charge in [-0.15, -0.1) is 11.6 Å². The maximum Gasteiger partial charge on any atom is 0.321 e. The molecule has 0 bridgehead atoms. The van der Waals surface area contributed by atoms with Crippen molar-refractivity contribution in [3.63, 3.8) is 0 Å². The van der Waals surface area contributed by atoms with Crippen molar-refractivity contribution in [1.29, 1.82) is 0 Å². The van der Waals surface area contributed by atoms with Gasteiger partial charge in [0.25, 0.3) is 0 Å². The minimum Gasteiger partial charge on any atom is -0.480 e. The Morgan fingerprint density at radius 1 is 1.44 bits per heavy atom. The number of carboxylic acids is 1. The SMILES string of the molecule is CCCCC(CSC(C)(C)C)C(Cl)C(=O)O. The first-order valence-corrected chi connectivity index (χ1v) is 7.21. The van der Waals surface area contributed by atoms with Crippen molar-refractivity contribution in [3.05, 3.63) is 0 Å². The van der Waals surface area contributed by atoms with Crippen molar-refractivity contribution < 1.29 is 9.90 Å². The van der Waals surface area contributed by atoms with Gasteiger partial charge in [-0.2, -0.15) is 11.8 Å². The molecule has 2 atom stereocenters. The van der Waals surface area contributed by atoms with Crippen LogP contribution >= 0.6 is 23.4 Å². The smallest absolute Gasteiger partial charge is 0.321 e. The molecule has 96 valence electrons. The summed E-state index contributed by atoms with van der Waals surface area (Å²) in [4.78, 5) is 10.9. The van der Waals surface area contributed by atoms with Crippen molar-refractivity contribution in [1.82, 2.24) is 0 Å². The van der Waals surface area contributed by atoms with Gasteiger partial charge in [-0.1, -0.05) is 40.5 Å². The summed E-state index contributed by atoms with van der Waals surface area (Å²) >= 11 is 7.72. The number of halogens is 1. The second-order valence-electron chi connectivity index (χ2n) is 5.07. The highest BCUT2D eigenvalue weighted by Crippen LogP contribution is 2.30. The Kier molecular flexibility index (Phi) is 7.49. The summed E-state index contributed by atoms with van der Waals surface area (Å²) in [6, 6.07) is 0. The van der Waals surface area contributed by atoms with Crippen LogP contribution in [-0.4, -0.2) is 27.0 Å². The molecule has 0 spiro atoms. The monoisotopic (exact) mass is 266 g/mol. The number of unbranched alkanes of at least 4 members (excludes halogenated alkanes) is 1. The molecule has 4 heteroatoms. The fourth-order valence-electron chi connectivity index (χ4n) is 1.34. The number of carbonyl (C=O) groups is 1. The molecule has 0 heterocycles. The number of alkyl halides is 1. The Morgan fingerprint density at radius 2 is 2.00 bits per heavy atom. The predicted octanol–water partition coefficient (Wildman–Crippen LogP) is 4.02. The summed E-state index contributed by atoms with van der Waals surface area (Å²) in [6.07, 6.45) is 3.03. The van der Waals surface area contributed by atoms with Crippen molar-refractivity contribution in [2.75, 3.05) is 5.75 Å². The van der Waals surface area contributed by atoms with Gasteiger partial charge in [-0.3, -0.25) is 4.79 Å². The van der Waals surface area contributed by atoms with Crippen LogP contribution in [0.1, 0.15) is 47.0 Å². The Morgan fingerprint density at radius 3 is 2.38 bits per heavy atom. The molecule has 2 nitrogen and oxygen atoms in total. The van der Waals surface area contributed by atoms with Crippen LogP contribution in [-0.2, 0) is 4.79 Å². The zero-order valence-electron chi connectivity index (χ0n) is 10.6. The second-order valence-corrected chi connectivity index (χ2v) is 7.38. The van der Waals surface area contributed by atoms with Crippen LogP contribution in [0.15, 0.2) is 0 Å². The Labute approximate surface area is 108 Å². The molecule has 16 heavy (non-hydrogen) atoms. The number of hydrogen-bond donors (Lipinski definition) is 1. The van der Waals surface area contributed by atoms with Crippen molar-refractivity contribution in [2.45, 2.75) is 57.1 Å². The van der Waals surface area contributed by atoms with Crippen LogP contribution < -0.4 is 0 Å². The second kappa shape index (κ2) is 7.44. The largest absolute Gasteiger partial charge is 0.480 e. The molecule has 0 aliphatic carbocycles. The molecule has 0 fully saturated rings. The molecule has 2 unspecified atom stereocenters. The molecule has 0 amide bonds. The molecule has 1 N–H and O–H groups in total. The van der Waals surface area contributed by atoms with Crippen LogP contribution in [0.25, 0.3) is 0 Å². The summed E-state index contributed by atoms with van der Waals surface area (Å²) in [7, 11) is 0. The van der Waals surface area contributed by atoms with Crippen LogP contribution in [0.5, 0.6) is 0 Å². The van der Waals surface area contributed by atoms with Gasteiger partial charge >= 0.3 is 5.97 Å². The van der Waals surface area contributed by atoms with Gasteiger partial charge in [0.15, 0.2) is 0 Å². The van der Waals surface area contributed by atoms with E-state index in [-0.39, 0.29) is 10.7 Å². The average molecular weight is 267 g/mol. The summed E-state index contributed by atoms with van der Waals surface area (Å²) in [5.74, 6) is 0.00451. The fourth-order valence-corrected chi connectivity index (χ4v) is 2.73. The van der Waals surface area contributed by atoms with E-state index in [1.807, 2.05) is 0 Å². The zero-order valence-corrected chi connectivity index (χ0v) is 12.2. The summed E-state index contributed by atoms with van der Waals surface area (Å²) in [5, 5.41) is 8.19. The summed E-state index contributed by atoms with van der Waals surface area (Å²) < 4.78 is 0.166. The van der Waals surface area contributed by atoms with E-state index in [0.717, 1.165) is 25.0 Å². The first kappa shape index (κ1) is 16.1. The lowest BCUT2D eigenvalue weighted by Gasteiger charge is -2.24. The Bertz CT molecular complexity index is 214. The molecule has 0 saturated carbocycles. The molecule has 0 aromatic rings. The molecule has 0 rings (SSSR count). The lowest BCUT2D eigenvalue weighted by Crippen LogP contribution is -2.27. The maximum atomic E-state index is 10.9. The molecule has 0 aliphatic heterocycles. The highest BCUT2D eigenvalue weighted by atomic mass is 35.5. The van der Waals surface area contributed by atoms with E-state index in [1.54, 1.807) is 11.8 Å². The van der Waals surface area contributed by atoms with Gasteiger partial charge in [-0.05, 0) is 18.1 Å². The third kappa shape index (κ3) is 7.39. The highest BCUT2D eigenvalue weighted by Gasteiger charge is 2.26. The van der Waals surface area contributed by atoms with Crippen molar-refractivity contribution in [2.24, 2.45) is 5.92 Å². The van der Waals surface area contributed by atoms with Crippen LogP contribution in [0.4, 0.5) is 0 Å². The lowest BCUT2D eigenvalue weighted by molar-refractivity contribution is -0.137. The Balaban J connectivity index is 4.25. The number of rotatable bonds is 7. The van der Waals surface area contributed by atoms with E-state index in [1.165, 1.54) is 0 Å². The van der Waals surface area contributed by atoms with Gasteiger partial charge in [0.1, 0.15) is 5.38 Å². The first-order chi connectivity index (χ1) is 7.28. The van der Waals surface area contributed by atoms with Gasteiger partial charge in [0.2, 0.25) is 0 Å². The third-order valence-electron chi connectivity index (χ3n) is 2.31. The molecular formula is C12H23ClO2S. The molecular weight excluding hydrogens is 244 g/mol. The number of carboxylic acid groups (broad SMARTS) is 1. The van der Waals surface area contributed by atoms with Crippen LogP contribution in [0, 0.1) is 5.92 Å². The minimum atomic E-state index is -0.891. The normalized spacial score (nSPS) is 15.8. The maximum absolute atomic E-state index is 10.9. The Hall–Kier alpha value is 0.110. The summed E-state index contributed by atoms with van der Waals surface area (Å²) in [6.45, 7) is 8.52. The van der Waals surface area contributed by atoms with E-state index in [0.29, 0.717) is 0 Å². The van der Waals surface area contributed by atoms with Crippen LogP contribution in [0.3, 0.4) is 0 Å². The zero-order chi connectivity index (χ0) is 12.8. The predicted molar refractivity (Wildman–Crippen MR) is 72.5 cm³/mol. The lowest BCUT2D eigenvalue weighted by atomic mass is 10.0. The van der Waals surface area contributed by atoms with Crippen molar-refractivity contribution in [3.8, 4) is 0 Å². The molecule has 0 saturated heterocycles. The quantitative estimate of drug-likeness (QED) is 0.708. The van der Waals surface area contributed by atoms with E-state index in [9.17, 15) is 4.79 Å². The molecule has 0 aromatic carbocycles. The van der Waals surface area contributed by atoms with Crippen molar-refractivity contribution >= 4 is 29.3 Å². The standard InChI is InChI=1S/C12H23ClO2S/c1-5-6-7-9(10(13)11(14)15)8-16-12(2,3)4/h9-10H,5-8H2,1-4H3,(H,14,15). The van der Waals surface area contributed by atoms with Gasteiger partial charge in [-0.25, -0.2) is 0 Å². The molecule has 0 aromatic heterocycles. The summed E-state index contributed by atoms with van der Waals surface area (Å²) in [5.41, 5.74) is 0. The minimum absolute atomic E-state index is 0.0725. The first-order valence-electron chi connectivity index (χ1n) is 5.78. The molecule has 0 radical (unpaired) electrons. The van der Waals surface area contributed by atoms with E-state index < -0.39 is 11.3 Å². The van der Waals surface area contributed by atoms with Gasteiger partial charge < -0.3 is 5.11 Å². The third-order valence-corrected chi connectivity index (χ3v) is 4.31. The van der Waals surface area contributed by atoms with Gasteiger partial charge in [0.05, 0.1) is 0 Å². The van der Waals surface area contributed by atoms with E-state index >= 15 is 0 Å². The fraction of sp³-hybridized carbons (Fsp3) is 0.917.